The molecule has 0 radical (unpaired) electrons. The van der Waals surface area contributed by atoms with Crippen LogP contribution in [0.2, 0.25) is 0 Å². The van der Waals surface area contributed by atoms with Crippen molar-refractivity contribution < 1.29 is 14.3 Å². The summed E-state index contributed by atoms with van der Waals surface area (Å²) in [6.45, 7) is 5.66. The molecule has 1 amide bonds. The van der Waals surface area contributed by atoms with Gasteiger partial charge in [-0.15, -0.1) is 0 Å². The zero-order valence-corrected chi connectivity index (χ0v) is 20.9. The summed E-state index contributed by atoms with van der Waals surface area (Å²) in [7, 11) is 0. The van der Waals surface area contributed by atoms with E-state index >= 15 is 0 Å². The van der Waals surface area contributed by atoms with E-state index in [1.54, 1.807) is 24.4 Å². The van der Waals surface area contributed by atoms with Crippen molar-refractivity contribution in [2.24, 2.45) is 5.92 Å². The van der Waals surface area contributed by atoms with Crippen LogP contribution in [0.5, 0.6) is 5.75 Å². The maximum absolute atomic E-state index is 13.3. The second-order valence-electron chi connectivity index (χ2n) is 9.67. The highest BCUT2D eigenvalue weighted by molar-refractivity contribution is 5.99. The van der Waals surface area contributed by atoms with Gasteiger partial charge >= 0.3 is 0 Å². The zero-order valence-electron chi connectivity index (χ0n) is 20.9. The minimum Gasteiger partial charge on any atom is -0.488 e. The van der Waals surface area contributed by atoms with E-state index in [9.17, 15) is 10.1 Å². The molecule has 1 aromatic carbocycles. The van der Waals surface area contributed by atoms with Crippen molar-refractivity contribution in [1.82, 2.24) is 20.2 Å². The average Bonchev–Trinajstić information content (AvgIpc) is 2.93. The number of carbonyl (C=O) groups is 1. The standard InChI is InChI=1S/C27H33N7O3/c28-16-20-3-4-22-15-24(20)37-12-2-1-9-29-27-30-17-23(25(31-22)33-27)26(35)32-21-5-10-34(11-6-21)18-19-7-13-36-14-8-19/h1-4,15,17,19,21H,5-14,18H2,(H,32,35)(H2,29,30,31,33)/b2-1-. The molecule has 0 atom stereocenters. The Morgan fingerprint density at radius 1 is 1.19 bits per heavy atom. The molecule has 194 valence electrons. The number of hydrogen-bond acceptors (Lipinski definition) is 9. The number of ether oxygens (including phenoxy) is 2. The predicted octanol–water partition coefficient (Wildman–Crippen LogP) is 3.07. The number of fused-ring (bicyclic) bond motifs is 4. The Balaban J connectivity index is 1.27. The molecule has 37 heavy (non-hydrogen) atoms. The van der Waals surface area contributed by atoms with E-state index < -0.39 is 0 Å². The quantitative estimate of drug-likeness (QED) is 0.540. The van der Waals surface area contributed by atoms with Crippen LogP contribution >= 0.6 is 0 Å². The number of nitriles is 1. The monoisotopic (exact) mass is 503 g/mol. The van der Waals surface area contributed by atoms with Gasteiger partial charge < -0.3 is 30.3 Å². The molecule has 0 aliphatic carbocycles. The van der Waals surface area contributed by atoms with Crippen LogP contribution in [0.4, 0.5) is 17.5 Å². The maximum atomic E-state index is 13.3. The van der Waals surface area contributed by atoms with Crippen molar-refractivity contribution in [2.75, 3.05) is 56.6 Å². The first kappa shape index (κ1) is 25.0. The summed E-state index contributed by atoms with van der Waals surface area (Å²) in [5.41, 5.74) is 1.47. The van der Waals surface area contributed by atoms with Crippen LogP contribution in [0.15, 0.2) is 36.5 Å². The van der Waals surface area contributed by atoms with Crippen molar-refractivity contribution in [3.63, 3.8) is 0 Å². The fraction of sp³-hybridized carbons (Fsp3) is 0.481. The number of anilines is 3. The molecular formula is C27H33N7O3. The summed E-state index contributed by atoms with van der Waals surface area (Å²) in [6, 6.07) is 7.47. The van der Waals surface area contributed by atoms with Crippen LogP contribution in [0, 0.1) is 17.2 Å². The number of amides is 1. The average molecular weight is 504 g/mol. The van der Waals surface area contributed by atoms with Crippen LogP contribution in [-0.4, -0.2) is 72.8 Å². The molecule has 0 unspecified atom stereocenters. The minimum absolute atomic E-state index is 0.109. The third-order valence-electron chi connectivity index (χ3n) is 7.06. The molecule has 0 saturated carbocycles. The maximum Gasteiger partial charge on any atom is 0.256 e. The van der Waals surface area contributed by atoms with Gasteiger partial charge in [-0.1, -0.05) is 6.08 Å². The van der Waals surface area contributed by atoms with E-state index in [0.717, 1.165) is 58.5 Å². The topological polar surface area (TPSA) is 124 Å². The molecule has 4 heterocycles. The molecule has 1 aromatic heterocycles. The van der Waals surface area contributed by atoms with Gasteiger partial charge in [-0.3, -0.25) is 4.79 Å². The summed E-state index contributed by atoms with van der Waals surface area (Å²) >= 11 is 0. The second kappa shape index (κ2) is 12.0. The first-order valence-electron chi connectivity index (χ1n) is 13.0. The second-order valence-corrected chi connectivity index (χ2v) is 9.67. The van der Waals surface area contributed by atoms with Crippen molar-refractivity contribution >= 4 is 23.4 Å². The SMILES string of the molecule is N#Cc1ccc2cc1OC/C=C\CNc1ncc(C(=O)NC3CCN(CC4CCOCC4)CC3)c(n1)N2. The van der Waals surface area contributed by atoms with E-state index in [1.165, 1.54) is 0 Å². The predicted molar refractivity (Wildman–Crippen MR) is 140 cm³/mol. The van der Waals surface area contributed by atoms with Gasteiger partial charge in [0.1, 0.15) is 29.8 Å². The molecule has 0 spiro atoms. The van der Waals surface area contributed by atoms with Gasteiger partial charge in [0.05, 0.1) is 5.56 Å². The van der Waals surface area contributed by atoms with Crippen molar-refractivity contribution in [1.29, 1.82) is 5.26 Å². The molecule has 2 fully saturated rings. The van der Waals surface area contributed by atoms with Gasteiger partial charge in [0.25, 0.3) is 5.91 Å². The van der Waals surface area contributed by atoms with Crippen molar-refractivity contribution in [3.8, 4) is 11.8 Å². The smallest absolute Gasteiger partial charge is 0.256 e. The molecule has 3 aliphatic rings. The normalized spacial score (nSPS) is 20.0. The number of nitrogens with zero attached hydrogens (tertiary/aromatic N) is 4. The number of hydrogen-bond donors (Lipinski definition) is 3. The number of aromatic nitrogens is 2. The Kier molecular flexibility index (Phi) is 8.13. The molecule has 10 nitrogen and oxygen atoms in total. The molecule has 3 N–H and O–H groups in total. The largest absolute Gasteiger partial charge is 0.488 e. The van der Waals surface area contributed by atoms with E-state index in [0.29, 0.717) is 53.4 Å². The molecule has 2 aromatic rings. The van der Waals surface area contributed by atoms with Crippen molar-refractivity contribution in [2.45, 2.75) is 31.7 Å². The number of piperidine rings is 1. The number of benzene rings is 1. The molecular weight excluding hydrogens is 470 g/mol. The summed E-state index contributed by atoms with van der Waals surface area (Å²) in [6.07, 6.45) is 9.43. The van der Waals surface area contributed by atoms with Gasteiger partial charge in [0.15, 0.2) is 0 Å². The van der Waals surface area contributed by atoms with E-state index in [1.807, 2.05) is 12.2 Å². The number of nitrogens with one attached hydrogen (secondary N) is 3. The van der Waals surface area contributed by atoms with Gasteiger partial charge in [0.2, 0.25) is 5.95 Å². The fourth-order valence-corrected chi connectivity index (χ4v) is 4.93. The third-order valence-corrected chi connectivity index (χ3v) is 7.06. The number of carbonyl (C=O) groups excluding carboxylic acids is 1. The third kappa shape index (κ3) is 6.56. The van der Waals surface area contributed by atoms with Crippen LogP contribution in [0.25, 0.3) is 0 Å². The highest BCUT2D eigenvalue weighted by atomic mass is 16.5. The Labute approximate surface area is 217 Å². The Morgan fingerprint density at radius 3 is 2.84 bits per heavy atom. The van der Waals surface area contributed by atoms with E-state index in [2.05, 4.69) is 36.9 Å². The Bertz CT molecular complexity index is 1170. The summed E-state index contributed by atoms with van der Waals surface area (Å²) in [5, 5.41) is 19.0. The summed E-state index contributed by atoms with van der Waals surface area (Å²) < 4.78 is 11.3. The summed E-state index contributed by atoms with van der Waals surface area (Å²) in [4.78, 5) is 24.8. The molecule has 2 saturated heterocycles. The first-order chi connectivity index (χ1) is 18.2. The Hall–Kier alpha value is -3.68. The highest BCUT2D eigenvalue weighted by Crippen LogP contribution is 2.27. The lowest BCUT2D eigenvalue weighted by atomic mass is 9.97. The van der Waals surface area contributed by atoms with Crippen LogP contribution in [-0.2, 0) is 4.74 Å². The number of likely N-dealkylation sites (tertiary alicyclic amines) is 1. The molecule has 3 aliphatic heterocycles. The fourth-order valence-electron chi connectivity index (χ4n) is 4.93. The van der Waals surface area contributed by atoms with Crippen molar-refractivity contribution in [3.05, 3.63) is 47.7 Å². The van der Waals surface area contributed by atoms with Gasteiger partial charge in [-0.05, 0) is 49.8 Å². The lowest BCUT2D eigenvalue weighted by molar-refractivity contribution is 0.0478. The minimum atomic E-state index is -0.203. The highest BCUT2D eigenvalue weighted by Gasteiger charge is 2.25. The zero-order chi connectivity index (χ0) is 25.5. The Morgan fingerprint density at radius 2 is 2.03 bits per heavy atom. The molecule has 10 heteroatoms. The number of rotatable bonds is 4. The van der Waals surface area contributed by atoms with Gasteiger partial charge in [0, 0.05) is 63.4 Å². The van der Waals surface area contributed by atoms with Gasteiger partial charge in [-0.2, -0.15) is 10.2 Å². The molecule has 5 rings (SSSR count). The summed E-state index contributed by atoms with van der Waals surface area (Å²) in [5.74, 6) is 1.79. The lowest BCUT2D eigenvalue weighted by Gasteiger charge is -2.35. The van der Waals surface area contributed by atoms with Gasteiger partial charge in [-0.25, -0.2) is 4.98 Å². The van der Waals surface area contributed by atoms with E-state index in [-0.39, 0.29) is 11.9 Å². The van der Waals surface area contributed by atoms with E-state index in [4.69, 9.17) is 9.47 Å². The van der Waals surface area contributed by atoms with Crippen LogP contribution in [0.1, 0.15) is 41.6 Å². The first-order valence-corrected chi connectivity index (χ1v) is 13.0. The molecule has 4 bridgehead atoms. The van der Waals surface area contributed by atoms with Crippen LogP contribution in [0.3, 0.4) is 0 Å². The lowest BCUT2D eigenvalue weighted by Crippen LogP contribution is -2.46. The van der Waals surface area contributed by atoms with Crippen LogP contribution < -0.4 is 20.7 Å².